The Labute approximate surface area is 153 Å². The van der Waals surface area contributed by atoms with Gasteiger partial charge >= 0.3 is 0 Å². The fraction of sp³-hybridized carbons (Fsp3) is 0.474. The summed E-state index contributed by atoms with van der Waals surface area (Å²) < 4.78 is 0. The third-order valence-corrected chi connectivity index (χ3v) is 5.44. The molecule has 0 aliphatic carbocycles. The van der Waals surface area contributed by atoms with E-state index in [1.165, 1.54) is 5.56 Å². The Morgan fingerprint density at radius 1 is 1.24 bits per heavy atom. The van der Waals surface area contributed by atoms with Crippen molar-refractivity contribution in [3.63, 3.8) is 0 Å². The average Bonchev–Trinajstić information content (AvgIpc) is 3.09. The first-order valence-electron chi connectivity index (χ1n) is 8.87. The molecule has 1 unspecified atom stereocenters. The Kier molecular flexibility index (Phi) is 6.18. The van der Waals surface area contributed by atoms with Crippen molar-refractivity contribution < 1.29 is 4.79 Å². The zero-order valence-corrected chi connectivity index (χ0v) is 15.5. The largest absolute Gasteiger partial charge is 0.340 e. The lowest BCUT2D eigenvalue weighted by Gasteiger charge is -2.34. The number of nitrogens with zero attached hydrogens (tertiary/aromatic N) is 3. The minimum Gasteiger partial charge on any atom is -0.340 e. The maximum Gasteiger partial charge on any atom is 0.222 e. The van der Waals surface area contributed by atoms with Crippen LogP contribution >= 0.6 is 11.3 Å². The summed E-state index contributed by atoms with van der Waals surface area (Å²) in [5.74, 6) is 0.233. The van der Waals surface area contributed by atoms with Gasteiger partial charge in [-0.15, -0.1) is 11.3 Å². The summed E-state index contributed by atoms with van der Waals surface area (Å²) in [5, 5.41) is 3.21. The van der Waals surface area contributed by atoms with E-state index in [1.54, 1.807) is 11.3 Å². The molecule has 1 amide bonds. The second-order valence-electron chi connectivity index (χ2n) is 6.68. The predicted molar refractivity (Wildman–Crippen MR) is 102 cm³/mol. The topological polar surface area (TPSA) is 62.5 Å². The highest BCUT2D eigenvalue weighted by Gasteiger charge is 2.21. The summed E-state index contributed by atoms with van der Waals surface area (Å²) >= 11 is 1.69. The van der Waals surface area contributed by atoms with Crippen LogP contribution in [0.5, 0.6) is 0 Å². The van der Waals surface area contributed by atoms with E-state index < -0.39 is 0 Å². The molecule has 0 bridgehead atoms. The molecule has 0 spiro atoms. The Morgan fingerprint density at radius 3 is 2.64 bits per heavy atom. The molecule has 2 N–H and O–H groups in total. The van der Waals surface area contributed by atoms with E-state index in [4.69, 9.17) is 10.7 Å². The van der Waals surface area contributed by atoms with Gasteiger partial charge in [0.15, 0.2) is 0 Å². The van der Waals surface area contributed by atoms with Crippen LogP contribution in [0.15, 0.2) is 35.7 Å². The maximum atomic E-state index is 12.2. The first-order chi connectivity index (χ1) is 12.1. The van der Waals surface area contributed by atoms with E-state index in [2.05, 4.69) is 22.4 Å². The molecule has 1 aliphatic rings. The second-order valence-corrected chi connectivity index (χ2v) is 7.54. The highest BCUT2D eigenvalue weighted by Crippen LogP contribution is 2.24. The third-order valence-electron chi connectivity index (χ3n) is 4.50. The van der Waals surface area contributed by atoms with Gasteiger partial charge in [0.05, 0.1) is 5.69 Å². The molecule has 1 atom stereocenters. The highest BCUT2D eigenvalue weighted by molar-refractivity contribution is 7.13. The van der Waals surface area contributed by atoms with Crippen LogP contribution in [0.2, 0.25) is 0 Å². The van der Waals surface area contributed by atoms with Gasteiger partial charge in [0.2, 0.25) is 5.91 Å². The minimum absolute atomic E-state index is 0.0914. The molecule has 1 aromatic carbocycles. The SMILES string of the molecule is CC(N)CCC(=O)N1CCN(Cc2csc(-c3ccccc3)n2)CC1. The van der Waals surface area contributed by atoms with Crippen molar-refractivity contribution in [1.82, 2.24) is 14.8 Å². The van der Waals surface area contributed by atoms with E-state index in [-0.39, 0.29) is 11.9 Å². The first-order valence-corrected chi connectivity index (χ1v) is 9.75. The van der Waals surface area contributed by atoms with Crippen molar-refractivity contribution in [2.24, 2.45) is 5.73 Å². The van der Waals surface area contributed by atoms with Crippen molar-refractivity contribution in [2.75, 3.05) is 26.2 Å². The van der Waals surface area contributed by atoms with Crippen LogP contribution in [-0.4, -0.2) is 52.9 Å². The van der Waals surface area contributed by atoms with Crippen molar-refractivity contribution in [3.8, 4) is 10.6 Å². The Bertz CT molecular complexity index is 678. The fourth-order valence-electron chi connectivity index (χ4n) is 2.99. The molecule has 2 aromatic rings. The number of thiazole rings is 1. The first kappa shape index (κ1) is 18.0. The molecule has 1 saturated heterocycles. The van der Waals surface area contributed by atoms with Gasteiger partial charge in [0.25, 0.3) is 0 Å². The monoisotopic (exact) mass is 358 g/mol. The van der Waals surface area contributed by atoms with E-state index in [0.29, 0.717) is 6.42 Å². The van der Waals surface area contributed by atoms with Gasteiger partial charge in [0, 0.05) is 56.1 Å². The van der Waals surface area contributed by atoms with Gasteiger partial charge < -0.3 is 10.6 Å². The van der Waals surface area contributed by atoms with Crippen LogP contribution in [-0.2, 0) is 11.3 Å². The summed E-state index contributed by atoms with van der Waals surface area (Å²) in [7, 11) is 0. The lowest BCUT2D eigenvalue weighted by Crippen LogP contribution is -2.48. The number of aromatic nitrogens is 1. The number of nitrogens with two attached hydrogens (primary N) is 1. The lowest BCUT2D eigenvalue weighted by atomic mass is 10.1. The summed E-state index contributed by atoms with van der Waals surface area (Å²) in [6.45, 7) is 6.21. The molecule has 134 valence electrons. The standard InChI is InChI=1S/C19H26N4OS/c1-15(20)7-8-18(24)23-11-9-22(10-12-23)13-17-14-25-19(21-17)16-5-3-2-4-6-16/h2-6,14-15H,7-13,20H2,1H3. The Balaban J connectivity index is 1.48. The van der Waals surface area contributed by atoms with Gasteiger partial charge in [-0.25, -0.2) is 4.98 Å². The van der Waals surface area contributed by atoms with E-state index >= 15 is 0 Å². The molecule has 2 heterocycles. The second kappa shape index (κ2) is 8.56. The Morgan fingerprint density at radius 2 is 1.96 bits per heavy atom. The van der Waals surface area contributed by atoms with Crippen LogP contribution in [0, 0.1) is 0 Å². The van der Waals surface area contributed by atoms with Crippen LogP contribution in [0.4, 0.5) is 0 Å². The molecule has 1 aromatic heterocycles. The molecular formula is C19H26N4OS. The van der Waals surface area contributed by atoms with Crippen LogP contribution in [0.3, 0.4) is 0 Å². The number of piperazine rings is 1. The molecule has 25 heavy (non-hydrogen) atoms. The number of carbonyl (C=O) groups excluding carboxylic acids is 1. The molecule has 6 heteroatoms. The van der Waals surface area contributed by atoms with Crippen LogP contribution < -0.4 is 5.73 Å². The van der Waals surface area contributed by atoms with E-state index in [1.807, 2.05) is 30.0 Å². The predicted octanol–water partition coefficient (Wildman–Crippen LogP) is 2.58. The van der Waals surface area contributed by atoms with E-state index in [0.717, 1.165) is 49.8 Å². The molecule has 0 radical (unpaired) electrons. The zero-order valence-electron chi connectivity index (χ0n) is 14.7. The number of benzene rings is 1. The number of hydrogen-bond acceptors (Lipinski definition) is 5. The maximum absolute atomic E-state index is 12.2. The van der Waals surface area contributed by atoms with Crippen molar-refractivity contribution in [1.29, 1.82) is 0 Å². The summed E-state index contributed by atoms with van der Waals surface area (Å²) in [6.07, 6.45) is 1.32. The van der Waals surface area contributed by atoms with Gasteiger partial charge in [-0.2, -0.15) is 0 Å². The number of hydrogen-bond donors (Lipinski definition) is 1. The molecule has 3 rings (SSSR count). The van der Waals surface area contributed by atoms with Gasteiger partial charge in [-0.1, -0.05) is 30.3 Å². The van der Waals surface area contributed by atoms with Gasteiger partial charge in [-0.05, 0) is 13.3 Å². The summed E-state index contributed by atoms with van der Waals surface area (Å²) in [6, 6.07) is 10.4. The van der Waals surface area contributed by atoms with Gasteiger partial charge in [-0.3, -0.25) is 9.69 Å². The third kappa shape index (κ3) is 5.11. The van der Waals surface area contributed by atoms with E-state index in [9.17, 15) is 4.79 Å². The van der Waals surface area contributed by atoms with Crippen molar-refractivity contribution in [3.05, 3.63) is 41.4 Å². The number of amides is 1. The zero-order chi connectivity index (χ0) is 17.6. The van der Waals surface area contributed by atoms with Crippen molar-refractivity contribution in [2.45, 2.75) is 32.4 Å². The van der Waals surface area contributed by atoms with Gasteiger partial charge in [0.1, 0.15) is 5.01 Å². The number of carbonyl (C=O) groups is 1. The smallest absolute Gasteiger partial charge is 0.222 e. The average molecular weight is 359 g/mol. The lowest BCUT2D eigenvalue weighted by molar-refractivity contribution is -0.133. The quantitative estimate of drug-likeness (QED) is 0.862. The van der Waals surface area contributed by atoms with Crippen LogP contribution in [0.25, 0.3) is 10.6 Å². The number of rotatable bonds is 6. The molecule has 1 aliphatic heterocycles. The molecule has 0 saturated carbocycles. The fourth-order valence-corrected chi connectivity index (χ4v) is 3.80. The normalized spacial score (nSPS) is 16.8. The molecular weight excluding hydrogens is 332 g/mol. The minimum atomic E-state index is 0.0914. The molecule has 1 fully saturated rings. The van der Waals surface area contributed by atoms with Crippen LogP contribution in [0.1, 0.15) is 25.5 Å². The highest BCUT2D eigenvalue weighted by atomic mass is 32.1. The summed E-state index contributed by atoms with van der Waals surface area (Å²) in [5.41, 5.74) is 8.02. The summed E-state index contributed by atoms with van der Waals surface area (Å²) in [4.78, 5) is 21.3. The van der Waals surface area contributed by atoms with Crippen molar-refractivity contribution >= 4 is 17.2 Å². The molecule has 5 nitrogen and oxygen atoms in total. The Hall–Kier alpha value is -1.76.